The van der Waals surface area contributed by atoms with E-state index in [0.29, 0.717) is 12.8 Å². The molecular weight excluding hydrogens is 132 g/mol. The maximum absolute atomic E-state index is 10.9. The molecule has 4 N–H and O–H groups in total. The van der Waals surface area contributed by atoms with Crippen LogP contribution in [0, 0.1) is 0 Å². The van der Waals surface area contributed by atoms with Crippen molar-refractivity contribution in [2.24, 2.45) is 11.5 Å². The molecule has 0 unspecified atom stereocenters. The van der Waals surface area contributed by atoms with Gasteiger partial charge in [0, 0.05) is 6.04 Å². The van der Waals surface area contributed by atoms with E-state index in [9.17, 15) is 4.79 Å². The van der Waals surface area contributed by atoms with Gasteiger partial charge in [0.15, 0.2) is 0 Å². The molecule has 0 bridgehead atoms. The predicted octanol–water partition coefficient (Wildman–Crippen LogP) is -1.02. The zero-order valence-corrected chi connectivity index (χ0v) is 5.96. The van der Waals surface area contributed by atoms with Crippen molar-refractivity contribution in [1.29, 1.82) is 0 Å². The third-order valence-corrected chi connectivity index (χ3v) is 1.84. The lowest BCUT2D eigenvalue weighted by molar-refractivity contribution is -0.151. The summed E-state index contributed by atoms with van der Waals surface area (Å²) in [6.45, 7) is 0. The summed E-state index contributed by atoms with van der Waals surface area (Å²) >= 11 is 0. The summed E-state index contributed by atoms with van der Waals surface area (Å²) in [6, 6.07) is 0.0732. The summed E-state index contributed by atoms with van der Waals surface area (Å²) < 4.78 is 4.49. The first kappa shape index (κ1) is 7.50. The maximum atomic E-state index is 10.9. The number of nitrogens with two attached hydrogens (primary N) is 2. The zero-order chi connectivity index (χ0) is 7.78. The standard InChI is InChI=1S/C6H12N2O2/c1-10-5(9)6(8)2-4(7)3-6/h4H,2-3,7-8H2,1H3. The van der Waals surface area contributed by atoms with E-state index in [1.165, 1.54) is 7.11 Å². The second-order valence-corrected chi connectivity index (χ2v) is 2.82. The van der Waals surface area contributed by atoms with Crippen LogP contribution in [0.3, 0.4) is 0 Å². The number of hydrogen-bond acceptors (Lipinski definition) is 4. The van der Waals surface area contributed by atoms with Gasteiger partial charge in [-0.3, -0.25) is 4.79 Å². The van der Waals surface area contributed by atoms with Crippen LogP contribution in [0.1, 0.15) is 12.8 Å². The molecule has 1 aliphatic carbocycles. The summed E-state index contributed by atoms with van der Waals surface area (Å²) in [4.78, 5) is 10.9. The number of ether oxygens (including phenoxy) is 1. The third kappa shape index (κ3) is 0.998. The lowest BCUT2D eigenvalue weighted by Gasteiger charge is -2.39. The van der Waals surface area contributed by atoms with Crippen molar-refractivity contribution in [3.05, 3.63) is 0 Å². The first-order valence-electron chi connectivity index (χ1n) is 3.21. The lowest BCUT2D eigenvalue weighted by atomic mass is 9.74. The first-order chi connectivity index (χ1) is 4.58. The first-order valence-corrected chi connectivity index (χ1v) is 3.21. The van der Waals surface area contributed by atoms with Crippen LogP contribution in [-0.4, -0.2) is 24.7 Å². The molecule has 0 atom stereocenters. The van der Waals surface area contributed by atoms with Crippen molar-refractivity contribution in [2.45, 2.75) is 24.4 Å². The normalized spacial score (nSPS) is 38.5. The van der Waals surface area contributed by atoms with Crippen molar-refractivity contribution >= 4 is 5.97 Å². The Kier molecular flexibility index (Phi) is 1.66. The molecule has 1 saturated carbocycles. The molecular formula is C6H12N2O2. The van der Waals surface area contributed by atoms with Gasteiger partial charge in [-0.25, -0.2) is 0 Å². The van der Waals surface area contributed by atoms with E-state index in [0.717, 1.165) is 0 Å². The molecule has 0 amide bonds. The number of carbonyl (C=O) groups is 1. The summed E-state index contributed by atoms with van der Waals surface area (Å²) in [6.07, 6.45) is 1.08. The molecule has 10 heavy (non-hydrogen) atoms. The number of hydrogen-bond donors (Lipinski definition) is 2. The molecule has 1 fully saturated rings. The Labute approximate surface area is 59.5 Å². The Morgan fingerprint density at radius 2 is 2.20 bits per heavy atom. The van der Waals surface area contributed by atoms with Gasteiger partial charge in [-0.05, 0) is 12.8 Å². The van der Waals surface area contributed by atoms with Gasteiger partial charge in [0.2, 0.25) is 0 Å². The Bertz CT molecular complexity index is 152. The van der Waals surface area contributed by atoms with Gasteiger partial charge in [-0.1, -0.05) is 0 Å². The molecule has 0 heterocycles. The molecule has 0 spiro atoms. The van der Waals surface area contributed by atoms with E-state index in [4.69, 9.17) is 11.5 Å². The van der Waals surface area contributed by atoms with Crippen LogP contribution >= 0.6 is 0 Å². The Balaban J connectivity index is 2.48. The molecule has 4 nitrogen and oxygen atoms in total. The highest BCUT2D eigenvalue weighted by Gasteiger charge is 2.46. The average molecular weight is 144 g/mol. The van der Waals surface area contributed by atoms with E-state index in [1.807, 2.05) is 0 Å². The van der Waals surface area contributed by atoms with Gasteiger partial charge in [0.1, 0.15) is 5.54 Å². The summed E-state index contributed by atoms with van der Waals surface area (Å²) in [7, 11) is 1.33. The van der Waals surface area contributed by atoms with Crippen LogP contribution < -0.4 is 11.5 Å². The molecule has 1 rings (SSSR count). The van der Waals surface area contributed by atoms with Gasteiger partial charge in [0.25, 0.3) is 0 Å². The highest BCUT2D eigenvalue weighted by atomic mass is 16.5. The number of rotatable bonds is 1. The van der Waals surface area contributed by atoms with Gasteiger partial charge in [0.05, 0.1) is 7.11 Å². The fraction of sp³-hybridized carbons (Fsp3) is 0.833. The Morgan fingerprint density at radius 3 is 2.50 bits per heavy atom. The molecule has 58 valence electrons. The van der Waals surface area contributed by atoms with Gasteiger partial charge in [-0.2, -0.15) is 0 Å². The van der Waals surface area contributed by atoms with Gasteiger partial charge in [-0.15, -0.1) is 0 Å². The van der Waals surface area contributed by atoms with E-state index in [-0.39, 0.29) is 12.0 Å². The number of methoxy groups -OCH3 is 1. The molecule has 1 aliphatic rings. The van der Waals surface area contributed by atoms with Gasteiger partial charge >= 0.3 is 5.97 Å². The van der Waals surface area contributed by atoms with Crippen molar-refractivity contribution in [3.8, 4) is 0 Å². The van der Waals surface area contributed by atoms with Crippen molar-refractivity contribution < 1.29 is 9.53 Å². The SMILES string of the molecule is COC(=O)C1(N)CC(N)C1. The van der Waals surface area contributed by atoms with E-state index in [1.54, 1.807) is 0 Å². The van der Waals surface area contributed by atoms with Crippen LogP contribution in [-0.2, 0) is 9.53 Å². The minimum atomic E-state index is -0.784. The second kappa shape index (κ2) is 2.21. The van der Waals surface area contributed by atoms with E-state index >= 15 is 0 Å². The van der Waals surface area contributed by atoms with Crippen LogP contribution in [0.4, 0.5) is 0 Å². The zero-order valence-electron chi connectivity index (χ0n) is 5.96. The molecule has 0 aliphatic heterocycles. The van der Waals surface area contributed by atoms with Crippen LogP contribution in [0.15, 0.2) is 0 Å². The molecule has 0 aromatic heterocycles. The highest BCUT2D eigenvalue weighted by Crippen LogP contribution is 2.28. The van der Waals surface area contributed by atoms with Crippen LogP contribution in [0.25, 0.3) is 0 Å². The van der Waals surface area contributed by atoms with Crippen molar-refractivity contribution in [3.63, 3.8) is 0 Å². The van der Waals surface area contributed by atoms with Crippen LogP contribution in [0.2, 0.25) is 0 Å². The summed E-state index contributed by atoms with van der Waals surface area (Å²) in [5.74, 6) is -0.353. The predicted molar refractivity (Wildman–Crippen MR) is 36.1 cm³/mol. The van der Waals surface area contributed by atoms with Crippen molar-refractivity contribution in [2.75, 3.05) is 7.11 Å². The highest BCUT2D eigenvalue weighted by molar-refractivity contribution is 5.82. The monoisotopic (exact) mass is 144 g/mol. The second-order valence-electron chi connectivity index (χ2n) is 2.82. The molecule has 0 aromatic carbocycles. The minimum Gasteiger partial charge on any atom is -0.468 e. The lowest BCUT2D eigenvalue weighted by Crippen LogP contribution is -2.63. The molecule has 4 heteroatoms. The van der Waals surface area contributed by atoms with E-state index in [2.05, 4.69) is 4.74 Å². The number of carbonyl (C=O) groups excluding carboxylic acids is 1. The average Bonchev–Trinajstić information content (AvgIpc) is 1.83. The van der Waals surface area contributed by atoms with Gasteiger partial charge < -0.3 is 16.2 Å². The minimum absolute atomic E-state index is 0.0732. The van der Waals surface area contributed by atoms with Crippen LogP contribution in [0.5, 0.6) is 0 Å². The van der Waals surface area contributed by atoms with E-state index < -0.39 is 5.54 Å². The number of esters is 1. The quantitative estimate of drug-likeness (QED) is 0.462. The maximum Gasteiger partial charge on any atom is 0.325 e. The summed E-state index contributed by atoms with van der Waals surface area (Å²) in [5, 5.41) is 0. The molecule has 0 saturated heterocycles. The third-order valence-electron chi connectivity index (χ3n) is 1.84. The molecule has 0 aromatic rings. The Hall–Kier alpha value is -0.610. The summed E-state index contributed by atoms with van der Waals surface area (Å²) in [5.41, 5.74) is 10.3. The van der Waals surface area contributed by atoms with Crippen molar-refractivity contribution in [1.82, 2.24) is 0 Å². The topological polar surface area (TPSA) is 78.3 Å². The Morgan fingerprint density at radius 1 is 1.70 bits per heavy atom. The fourth-order valence-corrected chi connectivity index (χ4v) is 1.25. The molecule has 0 radical (unpaired) electrons. The smallest absolute Gasteiger partial charge is 0.325 e. The fourth-order valence-electron chi connectivity index (χ4n) is 1.25. The largest absolute Gasteiger partial charge is 0.468 e.